The van der Waals surface area contributed by atoms with Gasteiger partial charge in [-0.3, -0.25) is 0 Å². The predicted molar refractivity (Wildman–Crippen MR) is 250 cm³/mol. The lowest BCUT2D eigenvalue weighted by Crippen LogP contribution is -2.49. The summed E-state index contributed by atoms with van der Waals surface area (Å²) < 4.78 is 89.6. The van der Waals surface area contributed by atoms with Crippen LogP contribution in [0.25, 0.3) is 11.4 Å². The Hall–Kier alpha value is -5.52. The van der Waals surface area contributed by atoms with Crippen LogP contribution < -0.4 is 24.8 Å². The zero-order chi connectivity index (χ0) is 47.7. The molecule has 350 valence electrons. The van der Waals surface area contributed by atoms with Gasteiger partial charge in [0.05, 0.1) is 50.1 Å². The summed E-state index contributed by atoms with van der Waals surface area (Å²) in [6.07, 6.45) is -1.84. The van der Waals surface area contributed by atoms with Crippen molar-refractivity contribution in [3.05, 3.63) is 105 Å². The van der Waals surface area contributed by atoms with Gasteiger partial charge in [-0.05, 0) is 135 Å². The Balaban J connectivity index is 1.69. The van der Waals surface area contributed by atoms with E-state index in [1.807, 2.05) is 34.7 Å². The molecular weight excluding hydrogens is 994 g/mol. The largest absolute Gasteiger partial charge is 0.497 e. The molecule has 0 radical (unpaired) electrons. The number of hydrogen-bond acceptors (Lipinski definition) is 14. The number of amides is 2. The molecule has 1 aromatic heterocycles. The SMILES string of the molecule is COc1ccc(CN(Cc2ccc(OC)cc2)S(=O)(=O)c2c(S(=O)(=O)C[C@H](CNC(=O)OC(C)(C)C)NC(=O)OC(C)(C)C)ccc(I)c2-c2nnn(Cc3ccc(OC)cc3)n2)cc1. The normalized spacial score (nSPS) is 12.6. The van der Waals surface area contributed by atoms with Crippen LogP contribution in [-0.4, -0.2) is 104 Å². The van der Waals surface area contributed by atoms with E-state index in [-0.39, 0.29) is 31.0 Å². The number of nitrogens with zero attached hydrogens (tertiary/aromatic N) is 5. The number of carbonyl (C=O) groups is 2. The summed E-state index contributed by atoms with van der Waals surface area (Å²) >= 11 is 1.91. The van der Waals surface area contributed by atoms with Crippen molar-refractivity contribution in [2.45, 2.75) is 88.2 Å². The maximum atomic E-state index is 15.7. The lowest BCUT2D eigenvalue weighted by molar-refractivity contribution is 0.0469. The van der Waals surface area contributed by atoms with Crippen molar-refractivity contribution < 1.29 is 50.1 Å². The Morgan fingerprint density at radius 3 is 1.66 bits per heavy atom. The highest BCUT2D eigenvalue weighted by Crippen LogP contribution is 2.38. The summed E-state index contributed by atoms with van der Waals surface area (Å²) in [5, 5.41) is 18.1. The van der Waals surface area contributed by atoms with E-state index in [9.17, 15) is 9.59 Å². The number of aromatic nitrogens is 4. The Bertz CT molecular complexity index is 2600. The molecule has 2 amide bonds. The molecule has 0 saturated carbocycles. The maximum Gasteiger partial charge on any atom is 0.407 e. The third-order valence-electron chi connectivity index (χ3n) is 9.23. The van der Waals surface area contributed by atoms with E-state index >= 15 is 16.8 Å². The van der Waals surface area contributed by atoms with Gasteiger partial charge in [0.1, 0.15) is 33.3 Å². The molecule has 0 aliphatic carbocycles. The van der Waals surface area contributed by atoms with Crippen molar-refractivity contribution in [2.75, 3.05) is 33.6 Å². The van der Waals surface area contributed by atoms with Crippen LogP contribution in [0.3, 0.4) is 0 Å². The van der Waals surface area contributed by atoms with Crippen LogP contribution in [0.15, 0.2) is 94.7 Å². The number of sulfonamides is 1. The molecule has 0 aliphatic rings. The van der Waals surface area contributed by atoms with Crippen molar-refractivity contribution in [3.8, 4) is 28.6 Å². The van der Waals surface area contributed by atoms with Crippen LogP contribution in [0.2, 0.25) is 0 Å². The molecule has 0 aliphatic heterocycles. The Morgan fingerprint density at radius 1 is 0.708 bits per heavy atom. The van der Waals surface area contributed by atoms with Gasteiger partial charge in [-0.15, -0.1) is 10.2 Å². The molecular formula is C44H54IN7O11S2. The number of sulfone groups is 1. The van der Waals surface area contributed by atoms with Crippen molar-refractivity contribution in [1.29, 1.82) is 0 Å². The first-order valence-electron chi connectivity index (χ1n) is 20.2. The Labute approximate surface area is 393 Å². The molecule has 0 bridgehead atoms. The summed E-state index contributed by atoms with van der Waals surface area (Å²) in [5.41, 5.74) is -0.0595. The molecule has 0 fully saturated rings. The van der Waals surface area contributed by atoms with Gasteiger partial charge in [0, 0.05) is 23.2 Å². The van der Waals surface area contributed by atoms with Gasteiger partial charge in [0.2, 0.25) is 15.8 Å². The number of tetrazole rings is 1. The standard InChI is InChI=1S/C44H54IN7O11S2/c1-43(2,3)62-41(53)46-24-32(47-42(54)63-44(4,5)6)28-64(55,56)37-23-22-36(45)38(40-48-50-52(49-40)27-31-14-20-35(61-9)21-15-31)39(37)65(57,58)51(25-29-10-16-33(59-7)17-11-29)26-30-12-18-34(60-8)19-13-30/h10-23,32H,24-28H2,1-9H3,(H,46,53)(H,47,54)/t32-/m0/s1. The molecule has 65 heavy (non-hydrogen) atoms. The fourth-order valence-corrected chi connectivity index (χ4v) is 11.1. The highest BCUT2D eigenvalue weighted by atomic mass is 127. The van der Waals surface area contributed by atoms with E-state index in [1.54, 1.807) is 109 Å². The van der Waals surface area contributed by atoms with Crippen LogP contribution in [0.1, 0.15) is 58.2 Å². The number of carbonyl (C=O) groups excluding carboxylic acids is 2. The van der Waals surface area contributed by atoms with Gasteiger partial charge in [-0.25, -0.2) is 26.4 Å². The first-order valence-corrected chi connectivity index (χ1v) is 24.4. The topological polar surface area (TPSA) is 219 Å². The maximum absolute atomic E-state index is 15.7. The average molecular weight is 1050 g/mol. The number of rotatable bonds is 18. The number of hydrogen-bond donors (Lipinski definition) is 2. The molecule has 5 aromatic rings. The zero-order valence-electron chi connectivity index (χ0n) is 37.6. The van der Waals surface area contributed by atoms with Gasteiger partial charge >= 0.3 is 12.2 Å². The van der Waals surface area contributed by atoms with Crippen LogP contribution in [0.5, 0.6) is 17.2 Å². The monoisotopic (exact) mass is 1050 g/mol. The third kappa shape index (κ3) is 14.2. The minimum atomic E-state index is -4.88. The molecule has 5 rings (SSSR count). The van der Waals surface area contributed by atoms with Gasteiger partial charge in [-0.2, -0.15) is 9.10 Å². The molecule has 1 heterocycles. The minimum Gasteiger partial charge on any atom is -0.497 e. The first kappa shape index (κ1) is 50.5. The van der Waals surface area contributed by atoms with Crippen LogP contribution in [0.4, 0.5) is 9.59 Å². The quantitative estimate of drug-likeness (QED) is 0.0884. The van der Waals surface area contributed by atoms with E-state index in [2.05, 4.69) is 26.0 Å². The Kier molecular flexibility index (Phi) is 16.5. The number of benzene rings is 4. The van der Waals surface area contributed by atoms with E-state index in [0.29, 0.717) is 31.9 Å². The molecule has 18 nitrogen and oxygen atoms in total. The molecule has 0 saturated heterocycles. The second kappa shape index (κ2) is 21.2. The number of halogens is 1. The zero-order valence-corrected chi connectivity index (χ0v) is 41.4. The van der Waals surface area contributed by atoms with E-state index in [1.165, 1.54) is 31.1 Å². The number of alkyl carbamates (subject to hydrolysis) is 2. The fraction of sp³-hybridized carbons (Fsp3) is 0.386. The molecule has 1 atom stereocenters. The Morgan fingerprint density at radius 2 is 1.18 bits per heavy atom. The van der Waals surface area contributed by atoms with Crippen LogP contribution >= 0.6 is 22.6 Å². The summed E-state index contributed by atoms with van der Waals surface area (Å²) in [6, 6.07) is 22.0. The highest BCUT2D eigenvalue weighted by Gasteiger charge is 2.38. The van der Waals surface area contributed by atoms with Crippen LogP contribution in [0, 0.1) is 3.57 Å². The summed E-state index contributed by atoms with van der Waals surface area (Å²) in [5.74, 6) is 0.681. The highest BCUT2D eigenvalue weighted by molar-refractivity contribution is 14.1. The molecule has 2 N–H and O–H groups in total. The molecule has 4 aromatic carbocycles. The van der Waals surface area contributed by atoms with Crippen molar-refractivity contribution in [3.63, 3.8) is 0 Å². The second-order valence-electron chi connectivity index (χ2n) is 16.7. The van der Waals surface area contributed by atoms with Crippen LogP contribution in [-0.2, 0) is 49.0 Å². The lowest BCUT2D eigenvalue weighted by atomic mass is 10.2. The molecule has 21 heteroatoms. The van der Waals surface area contributed by atoms with Gasteiger partial charge in [0.15, 0.2) is 9.84 Å². The first-order chi connectivity index (χ1) is 30.5. The molecule has 0 unspecified atom stereocenters. The van der Waals surface area contributed by atoms with Crippen molar-refractivity contribution >= 4 is 54.6 Å². The number of methoxy groups -OCH3 is 3. The fourth-order valence-electron chi connectivity index (χ4n) is 6.28. The summed E-state index contributed by atoms with van der Waals surface area (Å²) in [6.45, 7) is 9.15. The summed E-state index contributed by atoms with van der Waals surface area (Å²) in [4.78, 5) is 25.9. The summed E-state index contributed by atoms with van der Waals surface area (Å²) in [7, 11) is -5.04. The predicted octanol–water partition coefficient (Wildman–Crippen LogP) is 6.60. The van der Waals surface area contributed by atoms with Crippen molar-refractivity contribution in [2.24, 2.45) is 0 Å². The van der Waals surface area contributed by atoms with Gasteiger partial charge in [0.25, 0.3) is 0 Å². The van der Waals surface area contributed by atoms with E-state index in [0.717, 1.165) is 9.87 Å². The second-order valence-corrected chi connectivity index (χ2v) is 21.8. The lowest BCUT2D eigenvalue weighted by Gasteiger charge is -2.27. The smallest absolute Gasteiger partial charge is 0.407 e. The minimum absolute atomic E-state index is 0.120. The van der Waals surface area contributed by atoms with E-state index < -0.39 is 71.4 Å². The van der Waals surface area contributed by atoms with Crippen molar-refractivity contribution in [1.82, 2.24) is 35.1 Å². The average Bonchev–Trinajstić information content (AvgIpc) is 3.69. The van der Waals surface area contributed by atoms with Gasteiger partial charge in [-0.1, -0.05) is 36.4 Å². The number of ether oxygens (including phenoxy) is 5. The third-order valence-corrected chi connectivity index (χ3v) is 14.0. The van der Waals surface area contributed by atoms with Gasteiger partial charge < -0.3 is 34.3 Å². The number of nitrogens with one attached hydrogen (secondary N) is 2. The molecule has 0 spiro atoms. The van der Waals surface area contributed by atoms with E-state index in [4.69, 9.17) is 23.7 Å².